The number of amides is 2. The van der Waals surface area contributed by atoms with Gasteiger partial charge in [0.15, 0.2) is 5.16 Å². The van der Waals surface area contributed by atoms with Crippen LogP contribution in [-0.2, 0) is 22.4 Å². The number of carbonyl (C=O) groups is 2. The number of aryl methyl sites for hydroxylation is 1. The molecule has 0 saturated heterocycles. The molecule has 0 bridgehead atoms. The van der Waals surface area contributed by atoms with Crippen molar-refractivity contribution in [3.8, 4) is 0 Å². The van der Waals surface area contributed by atoms with Crippen LogP contribution in [0.3, 0.4) is 0 Å². The second-order valence-corrected chi connectivity index (χ2v) is 9.26. The first-order valence-electron chi connectivity index (χ1n) is 8.50. The van der Waals surface area contributed by atoms with E-state index in [1.54, 1.807) is 25.4 Å². The van der Waals surface area contributed by atoms with Crippen molar-refractivity contribution in [2.75, 3.05) is 25.6 Å². The summed E-state index contributed by atoms with van der Waals surface area (Å²) in [5.41, 5.74) is 1.35. The Morgan fingerprint density at radius 1 is 1.15 bits per heavy atom. The van der Waals surface area contributed by atoms with E-state index in [1.165, 1.54) is 40.4 Å². The van der Waals surface area contributed by atoms with Gasteiger partial charge < -0.3 is 10.6 Å². The molecule has 2 aromatic rings. The maximum Gasteiger partial charge on any atom is 0.230 e. The second-order valence-electron chi connectivity index (χ2n) is 6.27. The molecule has 3 rings (SSSR count). The molecule has 1 atom stereocenters. The highest BCUT2D eigenvalue weighted by Gasteiger charge is 2.24. The first-order valence-corrected chi connectivity index (χ1v) is 11.3. The molecule has 0 aliphatic heterocycles. The molecule has 2 heterocycles. The molecule has 0 aromatic carbocycles. The maximum atomic E-state index is 11.7. The fourth-order valence-corrected chi connectivity index (χ4v) is 6.07. The minimum absolute atomic E-state index is 0.0287. The van der Waals surface area contributed by atoms with E-state index in [0.717, 1.165) is 28.1 Å². The number of rotatable bonds is 6. The molecule has 2 amide bonds. The smallest absolute Gasteiger partial charge is 0.230 e. The average molecular weight is 411 g/mol. The summed E-state index contributed by atoms with van der Waals surface area (Å²) in [6, 6.07) is 0. The van der Waals surface area contributed by atoms with Crippen LogP contribution in [0, 0.1) is 5.92 Å². The zero-order valence-electron chi connectivity index (χ0n) is 15.0. The van der Waals surface area contributed by atoms with Gasteiger partial charge in [0.1, 0.15) is 9.86 Å². The summed E-state index contributed by atoms with van der Waals surface area (Å²) >= 11 is 4.50. The lowest BCUT2D eigenvalue weighted by Crippen LogP contribution is -2.20. The molecular formula is C17H22N4O2S3. The third-order valence-corrected chi connectivity index (χ3v) is 7.30. The molecule has 6 nitrogen and oxygen atoms in total. The van der Waals surface area contributed by atoms with Crippen molar-refractivity contribution in [3.05, 3.63) is 10.4 Å². The van der Waals surface area contributed by atoms with Gasteiger partial charge in [0.2, 0.25) is 11.8 Å². The minimum Gasteiger partial charge on any atom is -0.358 e. The summed E-state index contributed by atoms with van der Waals surface area (Å²) in [6.45, 7) is 2.28. The summed E-state index contributed by atoms with van der Waals surface area (Å²) in [7, 11) is 3.25. The van der Waals surface area contributed by atoms with Crippen LogP contribution in [-0.4, -0.2) is 47.4 Å². The lowest BCUT2D eigenvalue weighted by atomic mass is 9.89. The van der Waals surface area contributed by atoms with Gasteiger partial charge in [-0.2, -0.15) is 0 Å². The van der Waals surface area contributed by atoms with E-state index in [9.17, 15) is 9.59 Å². The summed E-state index contributed by atoms with van der Waals surface area (Å²) in [5, 5.41) is 7.81. The van der Waals surface area contributed by atoms with Gasteiger partial charge in [-0.3, -0.25) is 9.59 Å². The average Bonchev–Trinajstić information content (AvgIpc) is 3.00. The van der Waals surface area contributed by atoms with Gasteiger partial charge in [-0.1, -0.05) is 30.4 Å². The molecule has 9 heteroatoms. The van der Waals surface area contributed by atoms with Crippen molar-refractivity contribution >= 4 is 56.9 Å². The summed E-state index contributed by atoms with van der Waals surface area (Å²) < 4.78 is 0. The molecule has 0 saturated carbocycles. The zero-order valence-corrected chi connectivity index (χ0v) is 17.5. The van der Waals surface area contributed by atoms with Gasteiger partial charge in [0.05, 0.1) is 11.5 Å². The molecule has 1 aliphatic rings. The fraction of sp³-hybridized carbons (Fsp3) is 0.529. The quantitative estimate of drug-likeness (QED) is 0.432. The van der Waals surface area contributed by atoms with Crippen LogP contribution in [0.5, 0.6) is 0 Å². The first-order chi connectivity index (χ1) is 12.5. The minimum atomic E-state index is -0.0578. The third-order valence-electron chi connectivity index (χ3n) is 4.33. The van der Waals surface area contributed by atoms with Crippen LogP contribution in [0.15, 0.2) is 10.2 Å². The Bertz CT molecular complexity index is 837. The van der Waals surface area contributed by atoms with Crippen LogP contribution in [0.2, 0.25) is 0 Å². The first kappa shape index (κ1) is 19.4. The van der Waals surface area contributed by atoms with Crippen LogP contribution in [0.4, 0.5) is 0 Å². The van der Waals surface area contributed by atoms with Crippen LogP contribution in [0.1, 0.15) is 23.8 Å². The highest BCUT2D eigenvalue weighted by atomic mass is 32.2. The molecule has 0 spiro atoms. The number of nitrogens with one attached hydrogen (secondary N) is 2. The van der Waals surface area contributed by atoms with Crippen molar-refractivity contribution < 1.29 is 9.59 Å². The van der Waals surface area contributed by atoms with E-state index < -0.39 is 0 Å². The zero-order chi connectivity index (χ0) is 18.7. The summed E-state index contributed by atoms with van der Waals surface area (Å²) in [6.07, 6.45) is 3.29. The van der Waals surface area contributed by atoms with Gasteiger partial charge >= 0.3 is 0 Å². The Hall–Kier alpha value is -1.32. The molecular weight excluding hydrogens is 388 g/mol. The number of fused-ring (bicyclic) bond motifs is 3. The molecule has 0 fully saturated rings. The summed E-state index contributed by atoms with van der Waals surface area (Å²) in [5.74, 6) is 1.21. The lowest BCUT2D eigenvalue weighted by molar-refractivity contribution is -0.118. The molecule has 1 aliphatic carbocycles. The van der Waals surface area contributed by atoms with Crippen molar-refractivity contribution in [2.24, 2.45) is 5.92 Å². The molecule has 26 heavy (non-hydrogen) atoms. The highest BCUT2D eigenvalue weighted by Crippen LogP contribution is 2.41. The number of carbonyl (C=O) groups excluding carboxylic acids is 2. The molecule has 0 radical (unpaired) electrons. The van der Waals surface area contributed by atoms with E-state index in [-0.39, 0.29) is 17.6 Å². The van der Waals surface area contributed by atoms with Crippen molar-refractivity contribution in [1.29, 1.82) is 0 Å². The molecule has 1 unspecified atom stereocenters. The van der Waals surface area contributed by atoms with Gasteiger partial charge in [-0.25, -0.2) is 9.97 Å². The topological polar surface area (TPSA) is 84.0 Å². The molecule has 2 N–H and O–H groups in total. The van der Waals surface area contributed by atoms with E-state index in [4.69, 9.17) is 4.98 Å². The Labute approximate surface area is 165 Å². The largest absolute Gasteiger partial charge is 0.358 e. The number of aromatic nitrogens is 2. The maximum absolute atomic E-state index is 11.7. The Morgan fingerprint density at radius 2 is 1.85 bits per heavy atom. The number of hydrogen-bond donors (Lipinski definition) is 2. The number of thiophene rings is 1. The predicted octanol–water partition coefficient (Wildman–Crippen LogP) is 2.49. The van der Waals surface area contributed by atoms with E-state index in [1.807, 2.05) is 0 Å². The standard InChI is InChI=1S/C17H22N4O2S3/c1-9-4-5-10-11(6-9)26-16-14(10)15(24-7-12(22)18-2)20-17(21-16)25-8-13(23)19-3/h9H,4-8H2,1-3H3,(H,18,22)(H,19,23). The van der Waals surface area contributed by atoms with Crippen LogP contribution in [0.25, 0.3) is 10.2 Å². The van der Waals surface area contributed by atoms with Crippen molar-refractivity contribution in [2.45, 2.75) is 36.4 Å². The second kappa shape index (κ2) is 8.58. The lowest BCUT2D eigenvalue weighted by Gasteiger charge is -2.18. The number of thioether (sulfide) groups is 2. The highest BCUT2D eigenvalue weighted by molar-refractivity contribution is 8.00. The van der Waals surface area contributed by atoms with E-state index in [2.05, 4.69) is 22.5 Å². The number of hydrogen-bond acceptors (Lipinski definition) is 7. The van der Waals surface area contributed by atoms with Crippen molar-refractivity contribution in [1.82, 2.24) is 20.6 Å². The normalized spacial score (nSPS) is 16.3. The Kier molecular flexibility index (Phi) is 6.42. The SMILES string of the molecule is CNC(=O)CSc1nc(SCC(=O)NC)c2c3c(sc2n1)CC(C)CC3. The van der Waals surface area contributed by atoms with E-state index in [0.29, 0.717) is 16.8 Å². The monoisotopic (exact) mass is 410 g/mol. The van der Waals surface area contributed by atoms with Gasteiger partial charge in [-0.15, -0.1) is 11.3 Å². The summed E-state index contributed by atoms with van der Waals surface area (Å²) in [4.78, 5) is 35.0. The van der Waals surface area contributed by atoms with Crippen LogP contribution >= 0.6 is 34.9 Å². The molecule has 2 aromatic heterocycles. The Morgan fingerprint density at radius 3 is 2.54 bits per heavy atom. The van der Waals surface area contributed by atoms with Gasteiger partial charge in [0.25, 0.3) is 0 Å². The third kappa shape index (κ3) is 4.32. The van der Waals surface area contributed by atoms with Crippen molar-refractivity contribution in [3.63, 3.8) is 0 Å². The predicted molar refractivity (Wildman–Crippen MR) is 108 cm³/mol. The number of nitrogens with zero attached hydrogens (tertiary/aromatic N) is 2. The van der Waals surface area contributed by atoms with Gasteiger partial charge in [-0.05, 0) is 30.7 Å². The van der Waals surface area contributed by atoms with Gasteiger partial charge in [0, 0.05) is 24.4 Å². The van der Waals surface area contributed by atoms with Crippen LogP contribution < -0.4 is 10.6 Å². The Balaban J connectivity index is 1.97. The fourth-order valence-electron chi connectivity index (χ4n) is 2.87. The van der Waals surface area contributed by atoms with E-state index >= 15 is 0 Å². The molecule has 140 valence electrons.